The summed E-state index contributed by atoms with van der Waals surface area (Å²) in [7, 11) is 4.56. The Hall–Kier alpha value is -3.22. The molecule has 7 nitrogen and oxygen atoms in total. The molecule has 0 radical (unpaired) electrons. The third-order valence-corrected chi connectivity index (χ3v) is 3.34. The predicted octanol–water partition coefficient (Wildman–Crippen LogP) is 2.65. The summed E-state index contributed by atoms with van der Waals surface area (Å²) < 4.78 is 26.1. The number of cyclic esters (lactones) is 1. The summed E-state index contributed by atoms with van der Waals surface area (Å²) in [6.07, 6.45) is 3.05. The highest BCUT2D eigenvalue weighted by Gasteiger charge is 2.26. The molecule has 0 spiro atoms. The molecule has 1 aliphatic heterocycles. The summed E-state index contributed by atoms with van der Waals surface area (Å²) in [5.41, 5.74) is 0.802. The highest BCUT2D eigenvalue weighted by atomic mass is 16.6. The van der Waals surface area contributed by atoms with Gasteiger partial charge in [0.15, 0.2) is 23.0 Å². The molecule has 0 aliphatic carbocycles. The van der Waals surface area contributed by atoms with E-state index in [0.29, 0.717) is 28.6 Å². The van der Waals surface area contributed by atoms with E-state index in [2.05, 4.69) is 4.99 Å². The molecule has 0 saturated carbocycles. The quantitative estimate of drug-likeness (QED) is 0.620. The number of furan rings is 1. The van der Waals surface area contributed by atoms with E-state index in [1.54, 1.807) is 30.3 Å². The molecule has 7 heteroatoms. The van der Waals surface area contributed by atoms with Crippen molar-refractivity contribution in [3.8, 4) is 17.2 Å². The van der Waals surface area contributed by atoms with Crippen LogP contribution in [0.3, 0.4) is 0 Å². The van der Waals surface area contributed by atoms with Gasteiger partial charge in [0.05, 0.1) is 27.6 Å². The van der Waals surface area contributed by atoms with Crippen LogP contribution in [0.25, 0.3) is 6.08 Å². The van der Waals surface area contributed by atoms with Gasteiger partial charge in [-0.3, -0.25) is 0 Å². The summed E-state index contributed by atoms with van der Waals surface area (Å²) in [6.45, 7) is 0. The van der Waals surface area contributed by atoms with Crippen molar-refractivity contribution in [1.29, 1.82) is 0 Å². The Bertz CT molecular complexity index is 795. The van der Waals surface area contributed by atoms with Crippen LogP contribution in [0.5, 0.6) is 17.2 Å². The number of nitrogens with zero attached hydrogens (tertiary/aromatic N) is 1. The highest BCUT2D eigenvalue weighted by molar-refractivity contribution is 6.11. The Morgan fingerprint density at radius 1 is 1.08 bits per heavy atom. The number of carbonyl (C=O) groups excluding carboxylic acids is 1. The lowest BCUT2D eigenvalue weighted by Crippen LogP contribution is -2.04. The summed E-state index contributed by atoms with van der Waals surface area (Å²) in [4.78, 5) is 16.1. The molecule has 1 aromatic carbocycles. The average molecular weight is 329 g/mol. The van der Waals surface area contributed by atoms with Crippen LogP contribution in [-0.2, 0) is 9.53 Å². The molecule has 0 saturated heterocycles. The number of esters is 1. The first-order valence-electron chi connectivity index (χ1n) is 7.02. The van der Waals surface area contributed by atoms with Gasteiger partial charge >= 0.3 is 5.97 Å². The Morgan fingerprint density at radius 2 is 1.79 bits per heavy atom. The summed E-state index contributed by atoms with van der Waals surface area (Å²) in [6, 6.07) is 6.77. The first-order chi connectivity index (χ1) is 11.7. The molecule has 1 aliphatic rings. The van der Waals surface area contributed by atoms with Gasteiger partial charge in [-0.2, -0.15) is 0 Å². The third-order valence-electron chi connectivity index (χ3n) is 3.34. The number of rotatable bonds is 5. The zero-order chi connectivity index (χ0) is 17.1. The van der Waals surface area contributed by atoms with Crippen LogP contribution in [0.4, 0.5) is 0 Å². The molecule has 3 rings (SSSR count). The SMILES string of the molecule is COc1cc(C=C2N=C(c3ccco3)OC2=O)cc(OC)c1OC. The molecule has 24 heavy (non-hydrogen) atoms. The average Bonchev–Trinajstić information content (AvgIpc) is 3.24. The van der Waals surface area contributed by atoms with Crippen LogP contribution in [0.2, 0.25) is 0 Å². The number of ether oxygens (including phenoxy) is 4. The van der Waals surface area contributed by atoms with Crippen LogP contribution < -0.4 is 14.2 Å². The fourth-order valence-electron chi connectivity index (χ4n) is 2.26. The monoisotopic (exact) mass is 329 g/mol. The van der Waals surface area contributed by atoms with E-state index in [1.165, 1.54) is 27.6 Å². The van der Waals surface area contributed by atoms with Gasteiger partial charge in [0, 0.05) is 0 Å². The second-order valence-electron chi connectivity index (χ2n) is 4.77. The van der Waals surface area contributed by atoms with Crippen molar-refractivity contribution in [1.82, 2.24) is 0 Å². The highest BCUT2D eigenvalue weighted by Crippen LogP contribution is 2.39. The normalized spacial score (nSPS) is 15.2. The number of methoxy groups -OCH3 is 3. The van der Waals surface area contributed by atoms with Gasteiger partial charge in [-0.25, -0.2) is 9.79 Å². The molecule has 0 unspecified atom stereocenters. The van der Waals surface area contributed by atoms with Gasteiger partial charge in [-0.05, 0) is 35.9 Å². The molecule has 0 fully saturated rings. The Kier molecular flexibility index (Phi) is 4.24. The minimum atomic E-state index is -0.560. The molecular formula is C17H15NO6. The summed E-state index contributed by atoms with van der Waals surface area (Å²) >= 11 is 0. The van der Waals surface area contributed by atoms with Crippen molar-refractivity contribution in [2.45, 2.75) is 0 Å². The first kappa shape index (κ1) is 15.7. The van der Waals surface area contributed by atoms with Gasteiger partial charge in [0.1, 0.15) is 0 Å². The van der Waals surface area contributed by atoms with Crippen LogP contribution in [-0.4, -0.2) is 33.2 Å². The fourth-order valence-corrected chi connectivity index (χ4v) is 2.26. The zero-order valence-corrected chi connectivity index (χ0v) is 13.4. The smallest absolute Gasteiger partial charge is 0.363 e. The van der Waals surface area contributed by atoms with Crippen molar-refractivity contribution in [3.63, 3.8) is 0 Å². The lowest BCUT2D eigenvalue weighted by molar-refractivity contribution is -0.130. The number of aliphatic imine (C=N–C) groups is 1. The number of benzene rings is 1. The van der Waals surface area contributed by atoms with Crippen molar-refractivity contribution < 1.29 is 28.2 Å². The van der Waals surface area contributed by atoms with Crippen LogP contribution in [0.1, 0.15) is 11.3 Å². The van der Waals surface area contributed by atoms with E-state index in [9.17, 15) is 4.79 Å². The van der Waals surface area contributed by atoms with E-state index >= 15 is 0 Å². The molecule has 0 N–H and O–H groups in total. The van der Waals surface area contributed by atoms with Gasteiger partial charge in [-0.15, -0.1) is 0 Å². The molecular weight excluding hydrogens is 314 g/mol. The maximum absolute atomic E-state index is 12.0. The van der Waals surface area contributed by atoms with Crippen LogP contribution in [0, 0.1) is 0 Å². The van der Waals surface area contributed by atoms with Gasteiger partial charge in [0.2, 0.25) is 5.75 Å². The molecule has 1 aromatic heterocycles. The Morgan fingerprint density at radius 3 is 2.33 bits per heavy atom. The minimum absolute atomic E-state index is 0.128. The standard InChI is InChI=1S/C17H15NO6/c1-20-13-8-10(9-14(21-2)15(13)22-3)7-11-17(19)24-16(18-11)12-5-4-6-23-12/h4-9H,1-3H3. The lowest BCUT2D eigenvalue weighted by Gasteiger charge is -2.12. The molecule has 0 atom stereocenters. The van der Waals surface area contributed by atoms with E-state index < -0.39 is 5.97 Å². The Labute approximate surface area is 138 Å². The maximum atomic E-state index is 12.0. The van der Waals surface area contributed by atoms with E-state index in [1.807, 2.05) is 0 Å². The van der Waals surface area contributed by atoms with Gasteiger partial charge in [0.25, 0.3) is 5.90 Å². The van der Waals surface area contributed by atoms with Gasteiger partial charge in [-0.1, -0.05) is 0 Å². The number of carbonyl (C=O) groups is 1. The summed E-state index contributed by atoms with van der Waals surface area (Å²) in [5, 5.41) is 0. The van der Waals surface area contributed by atoms with E-state index in [4.69, 9.17) is 23.4 Å². The minimum Gasteiger partial charge on any atom is -0.493 e. The topological polar surface area (TPSA) is 79.5 Å². The molecule has 0 bridgehead atoms. The first-order valence-corrected chi connectivity index (χ1v) is 7.02. The van der Waals surface area contributed by atoms with Gasteiger partial charge < -0.3 is 23.4 Å². The number of hydrogen-bond acceptors (Lipinski definition) is 7. The third kappa shape index (κ3) is 2.83. The predicted molar refractivity (Wildman–Crippen MR) is 85.4 cm³/mol. The lowest BCUT2D eigenvalue weighted by atomic mass is 10.1. The van der Waals surface area contributed by atoms with Crippen molar-refractivity contribution >= 4 is 17.9 Å². The summed E-state index contributed by atoms with van der Waals surface area (Å²) in [5.74, 6) is 1.38. The van der Waals surface area contributed by atoms with Crippen molar-refractivity contribution in [2.24, 2.45) is 4.99 Å². The molecule has 0 amide bonds. The van der Waals surface area contributed by atoms with Crippen LogP contribution >= 0.6 is 0 Å². The van der Waals surface area contributed by atoms with Crippen molar-refractivity contribution in [3.05, 3.63) is 47.5 Å². The molecule has 2 heterocycles. The van der Waals surface area contributed by atoms with E-state index in [0.717, 1.165) is 0 Å². The maximum Gasteiger partial charge on any atom is 0.363 e. The van der Waals surface area contributed by atoms with E-state index in [-0.39, 0.29) is 11.6 Å². The second-order valence-corrected chi connectivity index (χ2v) is 4.77. The van der Waals surface area contributed by atoms with Crippen molar-refractivity contribution in [2.75, 3.05) is 21.3 Å². The largest absolute Gasteiger partial charge is 0.493 e. The van der Waals surface area contributed by atoms with Crippen LogP contribution in [0.15, 0.2) is 45.6 Å². The molecule has 124 valence electrons. The molecule has 2 aromatic rings. The Balaban J connectivity index is 2.00. The second kappa shape index (κ2) is 6.49. The zero-order valence-electron chi connectivity index (χ0n) is 13.4. The fraction of sp³-hybridized carbons (Fsp3) is 0.176. The number of hydrogen-bond donors (Lipinski definition) is 0.